The third kappa shape index (κ3) is 3.32. The van der Waals surface area contributed by atoms with E-state index in [1.54, 1.807) is 23.4 Å². The molecular formula is C20H20FN5O. The van der Waals surface area contributed by atoms with Crippen molar-refractivity contribution in [2.45, 2.75) is 12.8 Å². The van der Waals surface area contributed by atoms with E-state index in [4.69, 9.17) is 0 Å². The molecule has 6 nitrogen and oxygen atoms in total. The topological polar surface area (TPSA) is 74.8 Å². The first-order chi connectivity index (χ1) is 13.2. The van der Waals surface area contributed by atoms with Crippen molar-refractivity contribution < 1.29 is 9.18 Å². The standard InChI is InChI=1S/C20H20FN5O/c1-13-7-8-22-10-16(13)20(27)26-11-15(9-21)17(12-26)19-23-18(24-25-19)14-5-3-2-4-6-14/h2-8,10,15,17H,9,11-12H2,1H3,(H,23,24,25)/t15-,17-/m1/s1. The number of aryl methyl sites for hydroxylation is 1. The fourth-order valence-corrected chi connectivity index (χ4v) is 3.52. The molecule has 1 aromatic carbocycles. The van der Waals surface area contributed by atoms with E-state index >= 15 is 0 Å². The fourth-order valence-electron chi connectivity index (χ4n) is 3.52. The van der Waals surface area contributed by atoms with Gasteiger partial charge in [-0.1, -0.05) is 30.3 Å². The highest BCUT2D eigenvalue weighted by atomic mass is 19.1. The lowest BCUT2D eigenvalue weighted by Crippen LogP contribution is -2.29. The molecule has 3 aromatic rings. The first kappa shape index (κ1) is 17.3. The smallest absolute Gasteiger partial charge is 0.255 e. The number of hydrogen-bond acceptors (Lipinski definition) is 4. The lowest BCUT2D eigenvalue weighted by atomic mass is 9.97. The molecule has 2 aromatic heterocycles. The zero-order valence-electron chi connectivity index (χ0n) is 15.0. The van der Waals surface area contributed by atoms with E-state index in [1.165, 1.54) is 0 Å². The molecule has 0 saturated carbocycles. The van der Waals surface area contributed by atoms with Gasteiger partial charge in [0.2, 0.25) is 0 Å². The second kappa shape index (κ2) is 7.26. The molecule has 0 radical (unpaired) electrons. The molecule has 1 N–H and O–H groups in total. The second-order valence-electron chi connectivity index (χ2n) is 6.83. The third-order valence-corrected chi connectivity index (χ3v) is 5.08. The Morgan fingerprint density at radius 3 is 2.81 bits per heavy atom. The van der Waals surface area contributed by atoms with E-state index in [0.29, 0.717) is 30.3 Å². The van der Waals surface area contributed by atoms with Crippen molar-refractivity contribution in [2.24, 2.45) is 5.92 Å². The summed E-state index contributed by atoms with van der Waals surface area (Å²) in [6.45, 7) is 2.13. The van der Waals surface area contributed by atoms with Gasteiger partial charge in [-0.05, 0) is 18.6 Å². The number of pyridine rings is 1. The fraction of sp³-hybridized carbons (Fsp3) is 0.300. The van der Waals surface area contributed by atoms with Gasteiger partial charge in [-0.3, -0.25) is 19.3 Å². The number of carbonyl (C=O) groups excluding carboxylic acids is 1. The first-order valence-corrected chi connectivity index (χ1v) is 8.91. The van der Waals surface area contributed by atoms with Crippen LogP contribution in [0.2, 0.25) is 0 Å². The first-order valence-electron chi connectivity index (χ1n) is 8.91. The van der Waals surface area contributed by atoms with Gasteiger partial charge in [-0.2, -0.15) is 5.10 Å². The maximum absolute atomic E-state index is 13.7. The number of benzene rings is 1. The van der Waals surface area contributed by atoms with E-state index < -0.39 is 6.67 Å². The Labute approximate surface area is 156 Å². The van der Waals surface area contributed by atoms with Crippen molar-refractivity contribution in [3.8, 4) is 11.4 Å². The number of hydrogen-bond donors (Lipinski definition) is 1. The summed E-state index contributed by atoms with van der Waals surface area (Å²) in [7, 11) is 0. The van der Waals surface area contributed by atoms with Crippen LogP contribution in [0.1, 0.15) is 27.7 Å². The van der Waals surface area contributed by atoms with E-state index in [0.717, 1.165) is 11.1 Å². The van der Waals surface area contributed by atoms with Crippen LogP contribution in [0, 0.1) is 12.8 Å². The molecule has 0 spiro atoms. The van der Waals surface area contributed by atoms with E-state index in [-0.39, 0.29) is 17.7 Å². The SMILES string of the molecule is Cc1ccncc1C(=O)N1C[C@@H](CF)[C@H](c2nc(-c3ccccc3)n[nH]2)C1. The predicted octanol–water partition coefficient (Wildman–Crippen LogP) is 3.00. The molecule has 1 aliphatic heterocycles. The van der Waals surface area contributed by atoms with Gasteiger partial charge in [0.05, 0.1) is 12.2 Å². The van der Waals surface area contributed by atoms with Crippen LogP contribution in [0.25, 0.3) is 11.4 Å². The van der Waals surface area contributed by atoms with Crippen LogP contribution >= 0.6 is 0 Å². The lowest BCUT2D eigenvalue weighted by Gasteiger charge is -2.17. The van der Waals surface area contributed by atoms with Gasteiger partial charge >= 0.3 is 0 Å². The Hall–Kier alpha value is -3.09. The Balaban J connectivity index is 1.56. The summed E-state index contributed by atoms with van der Waals surface area (Å²) in [6, 6.07) is 11.4. The van der Waals surface area contributed by atoms with Gasteiger partial charge in [-0.15, -0.1) is 0 Å². The average Bonchev–Trinajstić information content (AvgIpc) is 3.35. The maximum atomic E-state index is 13.7. The van der Waals surface area contributed by atoms with Crippen LogP contribution in [-0.4, -0.2) is 50.7 Å². The molecule has 27 heavy (non-hydrogen) atoms. The van der Waals surface area contributed by atoms with Crippen molar-refractivity contribution in [2.75, 3.05) is 19.8 Å². The minimum Gasteiger partial charge on any atom is -0.337 e. The molecule has 0 bridgehead atoms. The number of nitrogens with one attached hydrogen (secondary N) is 1. The van der Waals surface area contributed by atoms with Crippen molar-refractivity contribution >= 4 is 5.91 Å². The maximum Gasteiger partial charge on any atom is 0.255 e. The summed E-state index contributed by atoms with van der Waals surface area (Å²) >= 11 is 0. The Morgan fingerprint density at radius 2 is 2.07 bits per heavy atom. The molecule has 4 rings (SSSR count). The minimum atomic E-state index is -0.512. The highest BCUT2D eigenvalue weighted by Gasteiger charge is 2.38. The van der Waals surface area contributed by atoms with Crippen LogP contribution in [0.5, 0.6) is 0 Å². The number of amides is 1. The molecule has 7 heteroatoms. The Morgan fingerprint density at radius 1 is 1.26 bits per heavy atom. The largest absolute Gasteiger partial charge is 0.337 e. The number of rotatable bonds is 4. The molecule has 138 valence electrons. The van der Waals surface area contributed by atoms with Crippen LogP contribution in [-0.2, 0) is 0 Å². The van der Waals surface area contributed by atoms with Gasteiger partial charge in [0.25, 0.3) is 5.91 Å². The van der Waals surface area contributed by atoms with E-state index in [9.17, 15) is 9.18 Å². The van der Waals surface area contributed by atoms with Crippen LogP contribution in [0.4, 0.5) is 4.39 Å². The van der Waals surface area contributed by atoms with Crippen molar-refractivity contribution in [3.63, 3.8) is 0 Å². The summed E-state index contributed by atoms with van der Waals surface area (Å²) in [5, 5.41) is 7.21. The number of carbonyl (C=O) groups is 1. The third-order valence-electron chi connectivity index (χ3n) is 5.08. The van der Waals surface area contributed by atoms with Gasteiger partial charge in [-0.25, -0.2) is 4.98 Å². The normalized spacial score (nSPS) is 19.4. The highest BCUT2D eigenvalue weighted by molar-refractivity contribution is 5.95. The highest BCUT2D eigenvalue weighted by Crippen LogP contribution is 2.33. The number of likely N-dealkylation sites (tertiary alicyclic amines) is 1. The van der Waals surface area contributed by atoms with Gasteiger partial charge in [0.15, 0.2) is 5.82 Å². The predicted molar refractivity (Wildman–Crippen MR) is 98.9 cm³/mol. The molecular weight excluding hydrogens is 345 g/mol. The van der Waals surface area contributed by atoms with Gasteiger partial charge in [0, 0.05) is 42.9 Å². The quantitative estimate of drug-likeness (QED) is 0.771. The molecule has 3 heterocycles. The van der Waals surface area contributed by atoms with Crippen LogP contribution < -0.4 is 0 Å². The summed E-state index contributed by atoms with van der Waals surface area (Å²) in [5.41, 5.74) is 2.31. The molecule has 0 aliphatic carbocycles. The van der Waals surface area contributed by atoms with Crippen LogP contribution in [0.3, 0.4) is 0 Å². The summed E-state index contributed by atoms with van der Waals surface area (Å²) in [5.74, 6) is 0.568. The van der Waals surface area contributed by atoms with Crippen molar-refractivity contribution in [1.29, 1.82) is 0 Å². The molecule has 1 amide bonds. The van der Waals surface area contributed by atoms with Crippen LogP contribution in [0.15, 0.2) is 48.8 Å². The molecule has 2 atom stereocenters. The Bertz CT molecular complexity index is 942. The lowest BCUT2D eigenvalue weighted by molar-refractivity contribution is 0.0783. The monoisotopic (exact) mass is 365 g/mol. The van der Waals surface area contributed by atoms with Gasteiger partial charge < -0.3 is 4.90 Å². The molecule has 1 saturated heterocycles. The Kier molecular flexibility index (Phi) is 4.66. The number of aromatic nitrogens is 4. The second-order valence-corrected chi connectivity index (χ2v) is 6.83. The number of alkyl halides is 1. The number of nitrogens with zero attached hydrogens (tertiary/aromatic N) is 4. The van der Waals surface area contributed by atoms with E-state index in [2.05, 4.69) is 20.2 Å². The number of aromatic amines is 1. The zero-order chi connectivity index (χ0) is 18.8. The minimum absolute atomic E-state index is 0.121. The van der Waals surface area contributed by atoms with Gasteiger partial charge in [0.1, 0.15) is 5.82 Å². The number of H-pyrrole nitrogens is 1. The molecule has 0 unspecified atom stereocenters. The zero-order valence-corrected chi connectivity index (χ0v) is 15.0. The molecule has 1 aliphatic rings. The van der Waals surface area contributed by atoms with Crippen molar-refractivity contribution in [1.82, 2.24) is 25.1 Å². The summed E-state index contributed by atoms with van der Waals surface area (Å²) < 4.78 is 13.7. The summed E-state index contributed by atoms with van der Waals surface area (Å²) in [4.78, 5) is 23.1. The summed E-state index contributed by atoms with van der Waals surface area (Å²) in [6.07, 6.45) is 3.22. The molecule has 1 fully saturated rings. The average molecular weight is 365 g/mol. The number of halogens is 1. The van der Waals surface area contributed by atoms with Crippen molar-refractivity contribution in [3.05, 3.63) is 65.7 Å². The van der Waals surface area contributed by atoms with E-state index in [1.807, 2.05) is 37.3 Å².